The number of carboxylic acids is 2. The zero-order chi connectivity index (χ0) is 65.0. The van der Waals surface area contributed by atoms with E-state index in [0.29, 0.717) is 12.4 Å². The fourth-order valence-corrected chi connectivity index (χ4v) is 10.8. The maximum atomic E-state index is 13.9. The Labute approximate surface area is 507 Å². The molecule has 2 aliphatic rings. The minimum absolute atomic E-state index is 0.00495. The van der Waals surface area contributed by atoms with Gasteiger partial charge >= 0.3 is 29.8 Å². The number of esters is 3. The van der Waals surface area contributed by atoms with E-state index in [0.717, 1.165) is 38.6 Å². The van der Waals surface area contributed by atoms with Crippen LogP contribution < -0.4 is 11.1 Å². The Morgan fingerprint density at radius 1 is 0.721 bits per heavy atom. The number of unbranched alkanes of at least 4 members (excludes halogenated alkanes) is 2. The standard InChI is InChI=1S/C62H105N3O21/c1-35(18-14-12-10-11-13-17-25-65-61(63)64-9)26-39(5)58-38(4)19-15-16-20-46(67)40(6)50(71)28-43(66)27-44(83-56(78)32-54(74)75)29-45-30-53(84-57(79)33-55(76)77)59(80)62(82,86-45)34-52(73)37(3)22-23-47(68)41(7)51(72)31-49(70)36(2)21-24-48(69)42(8)60(81)85-58/h10-11,15-16,19-21,24,35-53,58-59,66-73,80,82H,12-14,17-18,22-23,25-34H2,1-9H3,(H,74,75)(H,76,77)(H3,63,64,65)/b11-10+,19-15+,20-16+,24-21+/t35-,36+,37+,38+,39-,40+,41-,42-,43-,44+,45+,46+,47-,48+,49-,50-,51+,52-,53-,58-,59-,62-/m0/s1. The number of ether oxygens (including phenoxy) is 4. The van der Waals surface area contributed by atoms with E-state index in [9.17, 15) is 85.3 Å². The van der Waals surface area contributed by atoms with Gasteiger partial charge in [-0.1, -0.05) is 103 Å². The van der Waals surface area contributed by atoms with Crippen molar-refractivity contribution in [3.05, 3.63) is 48.6 Å². The van der Waals surface area contributed by atoms with E-state index in [4.69, 9.17) is 24.7 Å². The van der Waals surface area contributed by atoms with Gasteiger partial charge in [0.25, 0.3) is 0 Å². The first-order valence-corrected chi connectivity index (χ1v) is 30.5. The number of carbonyl (C=O) groups excluding carboxylic acids is 3. The monoisotopic (exact) mass is 1230 g/mol. The maximum Gasteiger partial charge on any atom is 0.317 e. The Morgan fingerprint density at radius 2 is 1.33 bits per heavy atom. The molecule has 0 spiro atoms. The van der Waals surface area contributed by atoms with Gasteiger partial charge in [-0.2, -0.15) is 0 Å². The van der Waals surface area contributed by atoms with E-state index in [1.807, 2.05) is 13.8 Å². The second kappa shape index (κ2) is 39.2. The third-order valence-electron chi connectivity index (χ3n) is 16.7. The zero-order valence-corrected chi connectivity index (χ0v) is 51.8. The summed E-state index contributed by atoms with van der Waals surface area (Å²) in [5.74, 6) is -13.1. The van der Waals surface area contributed by atoms with E-state index in [1.54, 1.807) is 46.0 Å². The van der Waals surface area contributed by atoms with Crippen molar-refractivity contribution in [2.75, 3.05) is 13.6 Å². The number of guanidine groups is 1. The molecule has 2 heterocycles. The number of hydrogen-bond donors (Lipinski definition) is 14. The number of nitrogens with one attached hydrogen (secondary N) is 1. The van der Waals surface area contributed by atoms with Crippen LogP contribution in [0.15, 0.2) is 53.6 Å². The number of cyclic esters (lactones) is 1. The van der Waals surface area contributed by atoms with Crippen molar-refractivity contribution in [1.29, 1.82) is 0 Å². The second-order valence-electron chi connectivity index (χ2n) is 24.4. The van der Waals surface area contributed by atoms with Gasteiger partial charge in [0.15, 0.2) is 11.7 Å². The van der Waals surface area contributed by atoms with Crippen LogP contribution in [0.3, 0.4) is 0 Å². The largest absolute Gasteiger partial charge is 0.481 e. The Bertz CT molecular complexity index is 2200. The molecule has 24 heteroatoms. The average Bonchev–Trinajstić information content (AvgIpc) is 1.53. The van der Waals surface area contributed by atoms with Crippen LogP contribution in [0.1, 0.15) is 158 Å². The minimum atomic E-state index is -2.74. The molecule has 22 atom stereocenters. The molecule has 2 bridgehead atoms. The molecule has 1 fully saturated rings. The second-order valence-corrected chi connectivity index (χ2v) is 24.4. The van der Waals surface area contributed by atoms with Gasteiger partial charge in [0.1, 0.15) is 37.3 Å². The molecule has 0 aliphatic carbocycles. The topological polar surface area (TPSA) is 415 Å². The van der Waals surface area contributed by atoms with Gasteiger partial charge in [0, 0.05) is 69.4 Å². The van der Waals surface area contributed by atoms with Gasteiger partial charge in [-0.05, 0) is 76.0 Å². The number of aliphatic hydroxyl groups is 10. The maximum absolute atomic E-state index is 13.9. The van der Waals surface area contributed by atoms with Crippen molar-refractivity contribution in [1.82, 2.24) is 5.32 Å². The molecule has 1 saturated heterocycles. The lowest BCUT2D eigenvalue weighted by Crippen LogP contribution is -2.60. The number of rotatable bonds is 17. The van der Waals surface area contributed by atoms with Crippen molar-refractivity contribution in [2.24, 2.45) is 58.1 Å². The first-order chi connectivity index (χ1) is 40.3. The predicted molar refractivity (Wildman–Crippen MR) is 318 cm³/mol. The third-order valence-corrected chi connectivity index (χ3v) is 16.7. The van der Waals surface area contributed by atoms with Crippen LogP contribution in [0.4, 0.5) is 0 Å². The van der Waals surface area contributed by atoms with Crippen LogP contribution in [0.5, 0.6) is 0 Å². The highest BCUT2D eigenvalue weighted by Crippen LogP contribution is 2.38. The molecule has 494 valence electrons. The number of nitrogens with two attached hydrogens (primary N) is 1. The van der Waals surface area contributed by atoms with Crippen molar-refractivity contribution in [3.8, 4) is 0 Å². The SMILES string of the molecule is CN=C(N)NCCC/C=C/CCC[C@H](C)C[C@H](C)[C@H]1OC(=O)[C@@H](C)[C@H](O)/C=C/[C@@H](C)[C@@H](O)C[C@@H](O)[C@@H](C)[C@@H](O)CC[C@@H](C)[C@@H](O)C[C@]2(O)O[C@H](C[C@H](OC(=O)CC(=O)O)C[C@H](O)C[C@H](O)[C@H](C)[C@H](O)/C=C/C=C/[C@H]1C)C[C@H](OC(=O)CC(=O)O)[C@@H]2O. The van der Waals surface area contributed by atoms with Crippen molar-refractivity contribution >= 4 is 35.8 Å². The highest BCUT2D eigenvalue weighted by molar-refractivity contribution is 5.90. The Kier molecular flexibility index (Phi) is 35.2. The van der Waals surface area contributed by atoms with Gasteiger partial charge in [-0.25, -0.2) is 0 Å². The first-order valence-electron chi connectivity index (χ1n) is 30.5. The van der Waals surface area contributed by atoms with Gasteiger partial charge in [-0.3, -0.25) is 29.0 Å². The normalized spacial score (nSPS) is 36.9. The number of fused-ring (bicyclic) bond motifs is 2. The molecule has 15 N–H and O–H groups in total. The van der Waals surface area contributed by atoms with Crippen molar-refractivity contribution < 1.29 is 104 Å². The van der Waals surface area contributed by atoms with Gasteiger partial charge in [0.05, 0.1) is 60.9 Å². The lowest BCUT2D eigenvalue weighted by molar-refractivity contribution is -0.334. The molecular formula is C62H105N3O21. The molecule has 24 nitrogen and oxygen atoms in total. The molecule has 0 saturated carbocycles. The molecule has 0 radical (unpaired) electrons. The zero-order valence-electron chi connectivity index (χ0n) is 51.8. The first kappa shape index (κ1) is 77.2. The van der Waals surface area contributed by atoms with Crippen LogP contribution >= 0.6 is 0 Å². The summed E-state index contributed by atoms with van der Waals surface area (Å²) in [6, 6.07) is 0. The van der Waals surface area contributed by atoms with Crippen LogP contribution in [0, 0.1) is 47.3 Å². The molecule has 0 aromatic carbocycles. The number of nitrogens with zero attached hydrogens (tertiary/aromatic N) is 1. The van der Waals surface area contributed by atoms with E-state index in [-0.39, 0.29) is 37.0 Å². The highest BCUT2D eigenvalue weighted by atomic mass is 16.7. The van der Waals surface area contributed by atoms with Crippen molar-refractivity contribution in [2.45, 2.75) is 243 Å². The number of carboxylic acid groups (broad SMARTS) is 2. The third kappa shape index (κ3) is 28.5. The number of aliphatic imine (C=N–C) groups is 1. The molecule has 2 aliphatic heterocycles. The lowest BCUT2D eigenvalue weighted by Gasteiger charge is -2.46. The van der Waals surface area contributed by atoms with Crippen LogP contribution in [-0.4, -0.2) is 196 Å². The summed E-state index contributed by atoms with van der Waals surface area (Å²) in [4.78, 5) is 66.1. The minimum Gasteiger partial charge on any atom is -0.481 e. The van der Waals surface area contributed by atoms with E-state index in [1.165, 1.54) is 32.1 Å². The summed E-state index contributed by atoms with van der Waals surface area (Å²) in [6.07, 6.45) is -3.69. The summed E-state index contributed by atoms with van der Waals surface area (Å²) in [6.45, 7) is 14.6. The van der Waals surface area contributed by atoms with E-state index < -0.39 is 190 Å². The number of hydrogen-bond acceptors (Lipinski definition) is 20. The molecule has 0 amide bonds. The quantitative estimate of drug-likeness (QED) is 0.0189. The molecular weight excluding hydrogens is 1120 g/mol. The number of aliphatic hydroxyl groups excluding tert-OH is 9. The Morgan fingerprint density at radius 3 is 1.95 bits per heavy atom. The predicted octanol–water partition coefficient (Wildman–Crippen LogP) is 3.33. The fourth-order valence-electron chi connectivity index (χ4n) is 10.8. The number of allylic oxidation sites excluding steroid dienone is 4. The fraction of sp³-hybridized carbons (Fsp3) is 0.774. The molecule has 0 aromatic heterocycles. The van der Waals surface area contributed by atoms with E-state index in [2.05, 4.69) is 29.4 Å². The number of carbonyl (C=O) groups is 5. The van der Waals surface area contributed by atoms with Gasteiger partial charge in [0.2, 0.25) is 0 Å². The van der Waals surface area contributed by atoms with E-state index >= 15 is 0 Å². The summed E-state index contributed by atoms with van der Waals surface area (Å²) in [5.41, 5.74) is 5.69. The summed E-state index contributed by atoms with van der Waals surface area (Å²) in [7, 11) is 1.62. The average molecular weight is 1230 g/mol. The Balaban J connectivity index is 2.53. The summed E-state index contributed by atoms with van der Waals surface area (Å²) >= 11 is 0. The molecule has 86 heavy (non-hydrogen) atoms. The highest BCUT2D eigenvalue weighted by Gasteiger charge is 2.52. The van der Waals surface area contributed by atoms with Gasteiger partial charge < -0.3 is 91.3 Å². The Hall–Kier alpha value is -4.86. The van der Waals surface area contributed by atoms with Crippen LogP contribution in [-0.2, 0) is 42.9 Å². The lowest BCUT2D eigenvalue weighted by atomic mass is 9.83. The van der Waals surface area contributed by atoms with Crippen molar-refractivity contribution in [3.63, 3.8) is 0 Å². The summed E-state index contributed by atoms with van der Waals surface area (Å²) in [5, 5.41) is 135. The van der Waals surface area contributed by atoms with Gasteiger partial charge in [-0.15, -0.1) is 0 Å². The van der Waals surface area contributed by atoms with Crippen LogP contribution in [0.25, 0.3) is 0 Å². The molecule has 2 rings (SSSR count). The summed E-state index contributed by atoms with van der Waals surface area (Å²) < 4.78 is 22.9. The number of aliphatic carboxylic acids is 2. The molecule has 0 aromatic rings. The molecule has 0 unspecified atom stereocenters. The smallest absolute Gasteiger partial charge is 0.317 e. The van der Waals surface area contributed by atoms with Crippen LogP contribution in [0.2, 0.25) is 0 Å².